The number of fused-ring (bicyclic) bond motifs is 1. The van der Waals surface area contributed by atoms with E-state index in [2.05, 4.69) is 18.3 Å². The normalized spacial score (nSPS) is 10.9. The highest BCUT2D eigenvalue weighted by atomic mass is 32.1. The minimum absolute atomic E-state index is 0.0904. The third-order valence-electron chi connectivity index (χ3n) is 3.90. The Morgan fingerprint density at radius 2 is 2.00 bits per heavy atom. The molecule has 1 amide bonds. The molecule has 0 fully saturated rings. The molecule has 0 radical (unpaired) electrons. The average molecular weight is 333 g/mol. The molecule has 118 valence electrons. The number of imidazole rings is 1. The van der Waals surface area contributed by atoms with Gasteiger partial charge < -0.3 is 9.72 Å². The number of hydrogen-bond acceptors (Lipinski definition) is 3. The fourth-order valence-corrected chi connectivity index (χ4v) is 3.25. The van der Waals surface area contributed by atoms with E-state index in [0.717, 1.165) is 28.2 Å². The van der Waals surface area contributed by atoms with Crippen molar-refractivity contribution in [1.29, 1.82) is 0 Å². The van der Waals surface area contributed by atoms with Gasteiger partial charge in [0.25, 0.3) is 5.91 Å². The van der Waals surface area contributed by atoms with Gasteiger partial charge in [-0.1, -0.05) is 18.2 Å². The molecule has 0 atom stereocenters. The zero-order valence-corrected chi connectivity index (χ0v) is 13.9. The summed E-state index contributed by atoms with van der Waals surface area (Å²) in [5.41, 5.74) is 5.49. The fraction of sp³-hybridized carbons (Fsp3) is 0.0526. The second-order valence-corrected chi connectivity index (χ2v) is 6.37. The number of pyridine rings is 1. The number of hydrogen-bond donors (Lipinski definition) is 1. The molecule has 0 aliphatic carbocycles. The highest BCUT2D eigenvalue weighted by Crippen LogP contribution is 2.22. The highest BCUT2D eigenvalue weighted by Gasteiger charge is 2.08. The van der Waals surface area contributed by atoms with E-state index < -0.39 is 0 Å². The fourth-order valence-electron chi connectivity index (χ4n) is 2.61. The number of carbonyl (C=O) groups excluding carboxylic acids is 1. The molecule has 24 heavy (non-hydrogen) atoms. The van der Waals surface area contributed by atoms with Gasteiger partial charge in [-0.3, -0.25) is 4.79 Å². The van der Waals surface area contributed by atoms with Crippen LogP contribution in [0.5, 0.6) is 0 Å². The quantitative estimate of drug-likeness (QED) is 0.594. The van der Waals surface area contributed by atoms with Gasteiger partial charge >= 0.3 is 0 Å². The lowest BCUT2D eigenvalue weighted by atomic mass is 10.1. The lowest BCUT2D eigenvalue weighted by Crippen LogP contribution is -2.10. The van der Waals surface area contributed by atoms with Gasteiger partial charge in [0.1, 0.15) is 5.65 Å². The van der Waals surface area contributed by atoms with Crippen LogP contribution in [0.4, 0.5) is 5.69 Å². The molecule has 3 heterocycles. The Balaban J connectivity index is 1.58. The third-order valence-corrected chi connectivity index (χ3v) is 4.58. The molecule has 3 aromatic heterocycles. The first-order chi connectivity index (χ1) is 11.7. The largest absolute Gasteiger partial charge is 0.322 e. The van der Waals surface area contributed by atoms with Crippen LogP contribution in [0, 0.1) is 6.92 Å². The molecule has 4 nitrogen and oxygen atoms in total. The van der Waals surface area contributed by atoms with Crippen LogP contribution in [-0.2, 0) is 0 Å². The van der Waals surface area contributed by atoms with Crippen molar-refractivity contribution in [2.45, 2.75) is 6.92 Å². The Bertz CT molecular complexity index is 1000. The molecule has 0 bridgehead atoms. The van der Waals surface area contributed by atoms with Gasteiger partial charge in [0, 0.05) is 29.0 Å². The van der Waals surface area contributed by atoms with E-state index in [1.54, 1.807) is 0 Å². The van der Waals surface area contributed by atoms with Crippen LogP contribution < -0.4 is 5.32 Å². The SMILES string of the molecule is Cc1cccn2cc(-c3ccc(NC(=O)c4ccsc4)cc3)nc12. The van der Waals surface area contributed by atoms with Crippen LogP contribution in [0.25, 0.3) is 16.9 Å². The molecular weight excluding hydrogens is 318 g/mol. The van der Waals surface area contributed by atoms with Crippen molar-refractivity contribution in [2.75, 3.05) is 5.32 Å². The molecule has 4 aromatic rings. The molecule has 0 spiro atoms. The number of nitrogens with one attached hydrogen (secondary N) is 1. The molecule has 0 aliphatic heterocycles. The van der Waals surface area contributed by atoms with Crippen LogP contribution in [0.1, 0.15) is 15.9 Å². The summed E-state index contributed by atoms with van der Waals surface area (Å²) in [5, 5.41) is 6.63. The van der Waals surface area contributed by atoms with Crippen molar-refractivity contribution in [2.24, 2.45) is 0 Å². The summed E-state index contributed by atoms with van der Waals surface area (Å²) in [4.78, 5) is 16.8. The van der Waals surface area contributed by atoms with Crippen molar-refractivity contribution in [3.63, 3.8) is 0 Å². The van der Waals surface area contributed by atoms with E-state index in [-0.39, 0.29) is 5.91 Å². The second kappa shape index (κ2) is 5.94. The van der Waals surface area contributed by atoms with Gasteiger partial charge in [-0.25, -0.2) is 4.98 Å². The lowest BCUT2D eigenvalue weighted by Gasteiger charge is -2.04. The number of amides is 1. The Labute approximate surface area is 143 Å². The molecule has 0 saturated heterocycles. The molecular formula is C19H15N3OS. The predicted molar refractivity (Wildman–Crippen MR) is 97.6 cm³/mol. The zero-order chi connectivity index (χ0) is 16.5. The summed E-state index contributed by atoms with van der Waals surface area (Å²) in [5.74, 6) is -0.0904. The Morgan fingerprint density at radius 3 is 2.71 bits per heavy atom. The number of rotatable bonds is 3. The molecule has 0 unspecified atom stereocenters. The Kier molecular flexibility index (Phi) is 3.63. The monoisotopic (exact) mass is 333 g/mol. The van der Waals surface area contributed by atoms with E-state index in [1.165, 1.54) is 11.3 Å². The van der Waals surface area contributed by atoms with E-state index in [9.17, 15) is 4.79 Å². The summed E-state index contributed by atoms with van der Waals surface area (Å²) < 4.78 is 2.02. The van der Waals surface area contributed by atoms with E-state index >= 15 is 0 Å². The number of nitrogens with zero attached hydrogens (tertiary/aromatic N) is 2. The molecule has 0 aliphatic rings. The van der Waals surface area contributed by atoms with Crippen molar-refractivity contribution in [1.82, 2.24) is 9.38 Å². The van der Waals surface area contributed by atoms with Crippen LogP contribution in [-0.4, -0.2) is 15.3 Å². The van der Waals surface area contributed by atoms with Crippen molar-refractivity contribution >= 4 is 28.6 Å². The third kappa shape index (κ3) is 2.70. The summed E-state index contributed by atoms with van der Waals surface area (Å²) in [6.45, 7) is 2.05. The van der Waals surface area contributed by atoms with Gasteiger partial charge in [0.15, 0.2) is 0 Å². The van der Waals surface area contributed by atoms with E-state index in [4.69, 9.17) is 4.98 Å². The number of aromatic nitrogens is 2. The van der Waals surface area contributed by atoms with E-state index in [1.807, 2.05) is 64.0 Å². The highest BCUT2D eigenvalue weighted by molar-refractivity contribution is 7.08. The van der Waals surface area contributed by atoms with Crippen LogP contribution in [0.15, 0.2) is 65.6 Å². The average Bonchev–Trinajstić information content (AvgIpc) is 3.26. The number of thiophene rings is 1. The van der Waals surface area contributed by atoms with Crippen molar-refractivity contribution in [3.8, 4) is 11.3 Å². The van der Waals surface area contributed by atoms with Gasteiger partial charge in [0.2, 0.25) is 0 Å². The van der Waals surface area contributed by atoms with Crippen LogP contribution >= 0.6 is 11.3 Å². The Hall–Kier alpha value is -2.92. The summed E-state index contributed by atoms with van der Waals surface area (Å²) >= 11 is 1.51. The minimum atomic E-state index is -0.0904. The van der Waals surface area contributed by atoms with Crippen molar-refractivity contribution < 1.29 is 4.79 Å². The zero-order valence-electron chi connectivity index (χ0n) is 13.1. The van der Waals surface area contributed by atoms with Crippen LogP contribution in [0.3, 0.4) is 0 Å². The van der Waals surface area contributed by atoms with Gasteiger partial charge in [-0.2, -0.15) is 11.3 Å². The van der Waals surface area contributed by atoms with Crippen LogP contribution in [0.2, 0.25) is 0 Å². The molecule has 1 aromatic carbocycles. The van der Waals surface area contributed by atoms with Crippen molar-refractivity contribution in [3.05, 3.63) is 76.7 Å². The predicted octanol–water partition coefficient (Wildman–Crippen LogP) is 4.62. The standard InChI is InChI=1S/C19H15N3OS/c1-13-3-2-9-22-11-17(21-18(13)22)14-4-6-16(7-5-14)20-19(23)15-8-10-24-12-15/h2-12H,1H3,(H,20,23). The first kappa shape index (κ1) is 14.7. The second-order valence-electron chi connectivity index (χ2n) is 5.59. The molecule has 5 heteroatoms. The van der Waals surface area contributed by atoms with Gasteiger partial charge in [-0.05, 0) is 42.1 Å². The molecule has 4 rings (SSSR count). The Morgan fingerprint density at radius 1 is 1.17 bits per heavy atom. The van der Waals surface area contributed by atoms with Gasteiger partial charge in [-0.15, -0.1) is 0 Å². The number of anilines is 1. The van der Waals surface area contributed by atoms with E-state index in [0.29, 0.717) is 5.56 Å². The maximum Gasteiger partial charge on any atom is 0.256 e. The first-order valence-electron chi connectivity index (χ1n) is 7.59. The molecule has 0 saturated carbocycles. The maximum atomic E-state index is 12.1. The summed E-state index contributed by atoms with van der Waals surface area (Å²) in [6, 6.07) is 13.6. The minimum Gasteiger partial charge on any atom is -0.322 e. The smallest absolute Gasteiger partial charge is 0.256 e. The lowest BCUT2D eigenvalue weighted by molar-refractivity contribution is 0.102. The van der Waals surface area contributed by atoms with Gasteiger partial charge in [0.05, 0.1) is 11.3 Å². The summed E-state index contributed by atoms with van der Waals surface area (Å²) in [7, 11) is 0. The maximum absolute atomic E-state index is 12.1. The number of aryl methyl sites for hydroxylation is 1. The first-order valence-corrected chi connectivity index (χ1v) is 8.53. The number of carbonyl (C=O) groups is 1. The summed E-state index contributed by atoms with van der Waals surface area (Å²) in [6.07, 6.45) is 4.01. The number of benzene rings is 1. The topological polar surface area (TPSA) is 46.4 Å². The molecule has 1 N–H and O–H groups in total.